The molecule has 164 valence electrons. The molecule has 9 nitrogen and oxygen atoms in total. The number of piperazine rings is 1. The van der Waals surface area contributed by atoms with Crippen LogP contribution in [-0.2, 0) is 0 Å². The van der Waals surface area contributed by atoms with E-state index in [0.717, 1.165) is 5.56 Å². The predicted molar refractivity (Wildman–Crippen MR) is 120 cm³/mol. The summed E-state index contributed by atoms with van der Waals surface area (Å²) in [6, 6.07) is 12.2. The molecule has 31 heavy (non-hydrogen) atoms. The largest absolute Gasteiger partial charge is 0.366 e. The smallest absolute Gasteiger partial charge is 0.319 e. The van der Waals surface area contributed by atoms with Crippen LogP contribution in [0.15, 0.2) is 42.5 Å². The van der Waals surface area contributed by atoms with Crippen LogP contribution in [-0.4, -0.2) is 55.5 Å². The van der Waals surface area contributed by atoms with Gasteiger partial charge in [-0.25, -0.2) is 10.6 Å². The van der Waals surface area contributed by atoms with E-state index in [2.05, 4.69) is 16.1 Å². The summed E-state index contributed by atoms with van der Waals surface area (Å²) in [6.45, 7) is 6.50. The maximum atomic E-state index is 12.8. The lowest BCUT2D eigenvalue weighted by molar-refractivity contribution is 0.0746. The lowest BCUT2D eigenvalue weighted by Crippen LogP contribution is -2.49. The summed E-state index contributed by atoms with van der Waals surface area (Å²) in [4.78, 5) is 40.7. The maximum Gasteiger partial charge on any atom is 0.319 e. The zero-order valence-corrected chi connectivity index (χ0v) is 17.8. The number of hydrazine groups is 1. The first-order chi connectivity index (χ1) is 14.9. The molecule has 1 heterocycles. The normalized spacial score (nSPS) is 13.5. The SMILES string of the molecule is CCNC(=O)Nc1ccc(C(=O)NN)cc1N1CCN(C(=O)c2ccc(C)cc2)CC1. The number of nitrogen functional groups attached to an aromatic ring is 1. The van der Waals surface area contributed by atoms with Crippen LogP contribution in [0.4, 0.5) is 16.2 Å². The van der Waals surface area contributed by atoms with Crippen molar-refractivity contribution in [3.05, 3.63) is 59.2 Å². The Hall–Kier alpha value is -3.59. The maximum absolute atomic E-state index is 12.8. The number of carbonyl (C=O) groups is 3. The van der Waals surface area contributed by atoms with Gasteiger partial charge in [0.1, 0.15) is 0 Å². The first-order valence-electron chi connectivity index (χ1n) is 10.2. The van der Waals surface area contributed by atoms with E-state index in [-0.39, 0.29) is 11.9 Å². The van der Waals surface area contributed by atoms with Gasteiger partial charge in [-0.2, -0.15) is 0 Å². The van der Waals surface area contributed by atoms with Crippen LogP contribution in [0.5, 0.6) is 0 Å². The van der Waals surface area contributed by atoms with Gasteiger partial charge in [-0.05, 0) is 44.2 Å². The van der Waals surface area contributed by atoms with E-state index in [4.69, 9.17) is 5.84 Å². The summed E-state index contributed by atoms with van der Waals surface area (Å²) in [7, 11) is 0. The van der Waals surface area contributed by atoms with Crippen LogP contribution in [0, 0.1) is 6.92 Å². The average Bonchev–Trinajstić information content (AvgIpc) is 2.79. The Morgan fingerprint density at radius 3 is 2.23 bits per heavy atom. The van der Waals surface area contributed by atoms with E-state index in [1.165, 1.54) is 0 Å². The summed E-state index contributed by atoms with van der Waals surface area (Å²) in [5, 5.41) is 5.52. The highest BCUT2D eigenvalue weighted by atomic mass is 16.2. The van der Waals surface area contributed by atoms with Crippen molar-refractivity contribution in [3.8, 4) is 0 Å². The first-order valence-corrected chi connectivity index (χ1v) is 10.2. The highest BCUT2D eigenvalue weighted by Crippen LogP contribution is 2.29. The number of nitrogens with two attached hydrogens (primary N) is 1. The number of hydrogen-bond donors (Lipinski definition) is 4. The summed E-state index contributed by atoms with van der Waals surface area (Å²) < 4.78 is 0. The third kappa shape index (κ3) is 5.32. The third-order valence-corrected chi connectivity index (χ3v) is 5.18. The van der Waals surface area contributed by atoms with Gasteiger partial charge in [-0.1, -0.05) is 17.7 Å². The lowest BCUT2D eigenvalue weighted by Gasteiger charge is -2.37. The lowest BCUT2D eigenvalue weighted by atomic mass is 10.1. The minimum Gasteiger partial charge on any atom is -0.366 e. The summed E-state index contributed by atoms with van der Waals surface area (Å²) in [5.41, 5.74) is 5.57. The fraction of sp³-hybridized carbons (Fsp3) is 0.318. The number of aryl methyl sites for hydroxylation is 1. The molecule has 0 spiro atoms. The average molecular weight is 425 g/mol. The molecule has 0 aliphatic carbocycles. The fourth-order valence-electron chi connectivity index (χ4n) is 3.48. The molecule has 5 N–H and O–H groups in total. The Balaban J connectivity index is 1.76. The molecule has 1 aliphatic heterocycles. The van der Waals surface area contributed by atoms with Gasteiger partial charge in [0.05, 0.1) is 11.4 Å². The molecule has 0 bridgehead atoms. The van der Waals surface area contributed by atoms with E-state index in [9.17, 15) is 14.4 Å². The van der Waals surface area contributed by atoms with Gasteiger partial charge in [0.15, 0.2) is 0 Å². The number of carbonyl (C=O) groups excluding carboxylic acids is 3. The Morgan fingerprint density at radius 2 is 1.61 bits per heavy atom. The van der Waals surface area contributed by atoms with Crippen molar-refractivity contribution in [3.63, 3.8) is 0 Å². The number of urea groups is 1. The van der Waals surface area contributed by atoms with Gasteiger partial charge in [0.25, 0.3) is 11.8 Å². The number of hydrogen-bond acceptors (Lipinski definition) is 5. The molecular formula is C22H28N6O3. The van der Waals surface area contributed by atoms with Crippen LogP contribution >= 0.6 is 0 Å². The Morgan fingerprint density at radius 1 is 0.968 bits per heavy atom. The number of nitrogens with one attached hydrogen (secondary N) is 3. The van der Waals surface area contributed by atoms with Crippen LogP contribution in [0.3, 0.4) is 0 Å². The highest BCUT2D eigenvalue weighted by molar-refractivity contribution is 5.99. The second kappa shape index (κ2) is 9.94. The van der Waals surface area contributed by atoms with Gasteiger partial charge >= 0.3 is 6.03 Å². The van der Waals surface area contributed by atoms with Crippen molar-refractivity contribution < 1.29 is 14.4 Å². The van der Waals surface area contributed by atoms with Crippen LogP contribution in [0.2, 0.25) is 0 Å². The Kier molecular flexibility index (Phi) is 7.09. The van der Waals surface area contributed by atoms with E-state index in [0.29, 0.717) is 55.2 Å². The summed E-state index contributed by atoms with van der Waals surface area (Å²) >= 11 is 0. The van der Waals surface area contributed by atoms with Crippen LogP contribution in [0.25, 0.3) is 0 Å². The molecule has 1 aliphatic rings. The van der Waals surface area contributed by atoms with Crippen molar-refractivity contribution in [2.75, 3.05) is 42.9 Å². The van der Waals surface area contributed by atoms with Gasteiger partial charge in [0.2, 0.25) is 0 Å². The third-order valence-electron chi connectivity index (χ3n) is 5.18. The molecule has 0 atom stereocenters. The molecule has 3 rings (SSSR count). The second-order valence-electron chi connectivity index (χ2n) is 7.34. The molecule has 2 aromatic carbocycles. The minimum absolute atomic E-state index is 0.00316. The topological polar surface area (TPSA) is 120 Å². The standard InChI is InChI=1S/C22H28N6O3/c1-3-24-22(31)25-18-9-8-17(20(29)26-23)14-19(18)27-10-12-28(13-11-27)21(30)16-6-4-15(2)5-7-16/h4-9,14H,3,10-13,23H2,1-2H3,(H,26,29)(H2,24,25,31). The molecule has 0 saturated carbocycles. The molecule has 0 unspecified atom stereocenters. The van der Waals surface area contributed by atoms with E-state index in [1.54, 1.807) is 18.2 Å². The van der Waals surface area contributed by atoms with Gasteiger partial charge in [-0.3, -0.25) is 15.0 Å². The number of nitrogens with zero attached hydrogens (tertiary/aromatic N) is 2. The number of amides is 4. The number of rotatable bonds is 5. The first kappa shape index (κ1) is 22.1. The highest BCUT2D eigenvalue weighted by Gasteiger charge is 2.24. The summed E-state index contributed by atoms with van der Waals surface area (Å²) in [5.74, 6) is 4.85. The van der Waals surface area contributed by atoms with Crippen molar-refractivity contribution >= 4 is 29.2 Å². The molecule has 0 aromatic heterocycles. The Bertz CT molecular complexity index is 952. The molecule has 2 aromatic rings. The quantitative estimate of drug-likeness (QED) is 0.331. The van der Waals surface area contributed by atoms with Crippen molar-refractivity contribution in [2.45, 2.75) is 13.8 Å². The van der Waals surface area contributed by atoms with Crippen LogP contribution in [0.1, 0.15) is 33.2 Å². The molecule has 1 saturated heterocycles. The fourth-order valence-corrected chi connectivity index (χ4v) is 3.48. The van der Waals surface area contributed by atoms with Gasteiger partial charge in [-0.15, -0.1) is 0 Å². The zero-order valence-electron chi connectivity index (χ0n) is 17.8. The van der Waals surface area contributed by atoms with Crippen molar-refractivity contribution in [1.82, 2.24) is 15.6 Å². The zero-order chi connectivity index (χ0) is 22.4. The minimum atomic E-state index is -0.418. The van der Waals surface area contributed by atoms with Crippen molar-refractivity contribution in [2.24, 2.45) is 5.84 Å². The second-order valence-corrected chi connectivity index (χ2v) is 7.34. The van der Waals surface area contributed by atoms with Crippen molar-refractivity contribution in [1.29, 1.82) is 0 Å². The molecule has 1 fully saturated rings. The number of anilines is 2. The molecule has 4 amide bonds. The van der Waals surface area contributed by atoms with E-state index >= 15 is 0 Å². The number of benzene rings is 2. The molecule has 9 heteroatoms. The van der Waals surface area contributed by atoms with Gasteiger partial charge < -0.3 is 20.4 Å². The van der Waals surface area contributed by atoms with E-state index < -0.39 is 5.91 Å². The molecule has 0 radical (unpaired) electrons. The summed E-state index contributed by atoms with van der Waals surface area (Å²) in [6.07, 6.45) is 0. The Labute approximate surface area is 181 Å². The van der Waals surface area contributed by atoms with E-state index in [1.807, 2.05) is 47.9 Å². The molecular weight excluding hydrogens is 396 g/mol. The predicted octanol–water partition coefficient (Wildman–Crippen LogP) is 1.70. The van der Waals surface area contributed by atoms with Gasteiger partial charge in [0, 0.05) is 43.9 Å². The van der Waals surface area contributed by atoms with Crippen LogP contribution < -0.4 is 26.8 Å². The monoisotopic (exact) mass is 424 g/mol.